The molecule has 0 unspecified atom stereocenters. The van der Waals surface area contributed by atoms with Crippen molar-refractivity contribution in [2.45, 2.75) is 0 Å². The molecule has 2 rings (SSSR count). The second-order valence-electron chi connectivity index (χ2n) is 3.31. The zero-order valence-corrected chi connectivity index (χ0v) is 8.47. The predicted molar refractivity (Wildman–Crippen MR) is 61.6 cm³/mol. The Morgan fingerprint density at radius 3 is 3.06 bits per heavy atom. The van der Waals surface area contributed by atoms with Gasteiger partial charge in [0.25, 0.3) is 0 Å². The van der Waals surface area contributed by atoms with Crippen molar-refractivity contribution in [3.05, 3.63) is 42.7 Å². The van der Waals surface area contributed by atoms with Gasteiger partial charge in [-0.2, -0.15) is 0 Å². The normalized spacial score (nSPS) is 10.0. The Kier molecular flexibility index (Phi) is 2.55. The van der Waals surface area contributed by atoms with Gasteiger partial charge >= 0.3 is 0 Å². The summed E-state index contributed by atoms with van der Waals surface area (Å²) in [4.78, 5) is 14.4. The Morgan fingerprint density at radius 2 is 2.31 bits per heavy atom. The van der Waals surface area contributed by atoms with Gasteiger partial charge in [-0.1, -0.05) is 18.7 Å². The Balaban J connectivity index is 2.55. The number of benzene rings is 1. The second-order valence-corrected chi connectivity index (χ2v) is 3.31. The van der Waals surface area contributed by atoms with E-state index in [0.717, 1.165) is 5.39 Å². The van der Waals surface area contributed by atoms with Crippen molar-refractivity contribution >= 4 is 22.9 Å². The van der Waals surface area contributed by atoms with Crippen molar-refractivity contribution < 1.29 is 9.90 Å². The largest absolute Gasteiger partial charge is 0.507 e. The van der Waals surface area contributed by atoms with Crippen molar-refractivity contribution in [2.24, 2.45) is 0 Å². The first kappa shape index (κ1) is 10.2. The van der Waals surface area contributed by atoms with Crippen molar-refractivity contribution in [1.29, 1.82) is 0 Å². The van der Waals surface area contributed by atoms with E-state index >= 15 is 0 Å². The van der Waals surface area contributed by atoms with Gasteiger partial charge in [-0.25, -0.2) is 0 Å². The molecule has 0 radical (unpaired) electrons. The number of hydrogen-bond donors (Lipinski definition) is 2. The van der Waals surface area contributed by atoms with Gasteiger partial charge < -0.3 is 10.4 Å². The lowest BCUT2D eigenvalue weighted by Crippen LogP contribution is -2.08. The van der Waals surface area contributed by atoms with Crippen molar-refractivity contribution in [2.75, 3.05) is 0 Å². The molecule has 0 bridgehead atoms. The minimum atomic E-state index is 0.181. The number of aromatic nitrogens is 1. The minimum Gasteiger partial charge on any atom is -0.507 e. The molecule has 2 aromatic rings. The quantitative estimate of drug-likeness (QED) is 0.764. The van der Waals surface area contributed by atoms with E-state index in [1.807, 2.05) is 6.07 Å². The lowest BCUT2D eigenvalue weighted by molar-refractivity contribution is -0.108. The summed E-state index contributed by atoms with van der Waals surface area (Å²) in [7, 11) is 0. The van der Waals surface area contributed by atoms with Gasteiger partial charge in [-0.3, -0.25) is 9.78 Å². The van der Waals surface area contributed by atoms with Crippen LogP contribution in [-0.2, 0) is 4.79 Å². The maximum Gasteiger partial charge on any atom is 0.211 e. The number of phenolic OH excluding ortho intramolecular Hbond substituents is 1. The Morgan fingerprint density at radius 1 is 1.50 bits per heavy atom. The fraction of sp³-hybridized carbons (Fsp3) is 0. The highest BCUT2D eigenvalue weighted by atomic mass is 16.3. The van der Waals surface area contributed by atoms with Gasteiger partial charge in [0.15, 0.2) is 0 Å². The van der Waals surface area contributed by atoms with Gasteiger partial charge in [-0.05, 0) is 12.1 Å². The third kappa shape index (κ3) is 1.72. The van der Waals surface area contributed by atoms with Crippen LogP contribution in [0.15, 0.2) is 37.0 Å². The Labute approximate surface area is 92.2 Å². The van der Waals surface area contributed by atoms with E-state index in [-0.39, 0.29) is 5.75 Å². The zero-order valence-electron chi connectivity index (χ0n) is 8.47. The van der Waals surface area contributed by atoms with Crippen LogP contribution in [0, 0.1) is 0 Å². The van der Waals surface area contributed by atoms with Crippen LogP contribution >= 0.6 is 0 Å². The molecule has 0 aliphatic rings. The summed E-state index contributed by atoms with van der Waals surface area (Å²) in [5, 5.41) is 13.6. The summed E-state index contributed by atoms with van der Waals surface area (Å²) in [6.45, 7) is 3.66. The standard InChI is InChI=1S/C12H10N2O2/c1-8(14-7-15)11-5-10-9(6-13-11)3-2-4-12(10)16/h2-7,16H,1H2,(H,14,15). The molecule has 0 saturated carbocycles. The highest BCUT2D eigenvalue weighted by Crippen LogP contribution is 2.25. The SMILES string of the molecule is C=C(NC=O)c1cc2c(O)cccc2cn1. The van der Waals surface area contributed by atoms with E-state index in [2.05, 4.69) is 16.9 Å². The Hall–Kier alpha value is -2.36. The van der Waals surface area contributed by atoms with Gasteiger partial charge in [0.05, 0.1) is 11.4 Å². The van der Waals surface area contributed by atoms with Gasteiger partial charge in [0.2, 0.25) is 6.41 Å². The topological polar surface area (TPSA) is 62.2 Å². The van der Waals surface area contributed by atoms with Crippen LogP contribution in [0.2, 0.25) is 0 Å². The summed E-state index contributed by atoms with van der Waals surface area (Å²) in [5.74, 6) is 0.181. The first-order valence-corrected chi connectivity index (χ1v) is 4.69. The van der Waals surface area contributed by atoms with Crippen LogP contribution < -0.4 is 5.32 Å². The average Bonchev–Trinajstić information content (AvgIpc) is 2.29. The van der Waals surface area contributed by atoms with E-state index in [4.69, 9.17) is 0 Å². The summed E-state index contributed by atoms with van der Waals surface area (Å²) in [6.07, 6.45) is 2.17. The molecule has 4 nitrogen and oxygen atoms in total. The fourth-order valence-electron chi connectivity index (χ4n) is 1.46. The van der Waals surface area contributed by atoms with Crippen LogP contribution in [0.25, 0.3) is 16.5 Å². The summed E-state index contributed by atoms with van der Waals surface area (Å²) >= 11 is 0. The van der Waals surface area contributed by atoms with Crippen LogP contribution in [0.3, 0.4) is 0 Å². The fourth-order valence-corrected chi connectivity index (χ4v) is 1.46. The Bertz CT molecular complexity index is 564. The lowest BCUT2D eigenvalue weighted by atomic mass is 10.1. The predicted octanol–water partition coefficient (Wildman–Crippen LogP) is 1.66. The number of carbonyl (C=O) groups excluding carboxylic acids is 1. The molecule has 1 aromatic carbocycles. The summed E-state index contributed by atoms with van der Waals surface area (Å²) < 4.78 is 0. The second kappa shape index (κ2) is 4.02. The third-order valence-electron chi connectivity index (χ3n) is 2.28. The molecular weight excluding hydrogens is 204 g/mol. The maximum atomic E-state index is 10.3. The molecule has 0 spiro atoms. The first-order chi connectivity index (χ1) is 7.72. The average molecular weight is 214 g/mol. The monoisotopic (exact) mass is 214 g/mol. The molecule has 1 heterocycles. The van der Waals surface area contributed by atoms with E-state index in [9.17, 15) is 9.90 Å². The van der Waals surface area contributed by atoms with Gasteiger partial charge in [0.1, 0.15) is 5.75 Å². The molecule has 1 amide bonds. The molecule has 0 aliphatic carbocycles. The zero-order chi connectivity index (χ0) is 11.5. The highest BCUT2D eigenvalue weighted by molar-refractivity contribution is 5.89. The minimum absolute atomic E-state index is 0.181. The molecule has 4 heteroatoms. The molecule has 0 aliphatic heterocycles. The summed E-state index contributed by atoms with van der Waals surface area (Å²) in [6, 6.07) is 6.88. The van der Waals surface area contributed by atoms with Gasteiger partial charge in [0, 0.05) is 17.0 Å². The number of amides is 1. The number of fused-ring (bicyclic) bond motifs is 1. The van der Waals surface area contributed by atoms with Crippen LogP contribution in [-0.4, -0.2) is 16.5 Å². The van der Waals surface area contributed by atoms with Crippen molar-refractivity contribution in [3.63, 3.8) is 0 Å². The van der Waals surface area contributed by atoms with Crippen molar-refractivity contribution in [1.82, 2.24) is 10.3 Å². The third-order valence-corrected chi connectivity index (χ3v) is 2.28. The van der Waals surface area contributed by atoms with Gasteiger partial charge in [-0.15, -0.1) is 0 Å². The number of nitrogens with zero attached hydrogens (tertiary/aromatic N) is 1. The van der Waals surface area contributed by atoms with E-state index in [0.29, 0.717) is 23.2 Å². The molecule has 2 N–H and O–H groups in total. The van der Waals surface area contributed by atoms with E-state index in [1.165, 1.54) is 0 Å². The number of hydrogen-bond acceptors (Lipinski definition) is 3. The number of carbonyl (C=O) groups is 1. The van der Waals surface area contributed by atoms with Crippen LogP contribution in [0.1, 0.15) is 5.69 Å². The molecular formula is C12H10N2O2. The smallest absolute Gasteiger partial charge is 0.211 e. The summed E-state index contributed by atoms with van der Waals surface area (Å²) in [5.41, 5.74) is 0.932. The highest BCUT2D eigenvalue weighted by Gasteiger charge is 2.04. The number of nitrogens with one attached hydrogen (secondary N) is 1. The molecule has 80 valence electrons. The van der Waals surface area contributed by atoms with E-state index in [1.54, 1.807) is 24.4 Å². The first-order valence-electron chi connectivity index (χ1n) is 4.69. The lowest BCUT2D eigenvalue weighted by Gasteiger charge is -2.05. The van der Waals surface area contributed by atoms with Crippen molar-refractivity contribution in [3.8, 4) is 5.75 Å². The molecule has 0 fully saturated rings. The molecule has 1 aromatic heterocycles. The van der Waals surface area contributed by atoms with Crippen LogP contribution in [0.4, 0.5) is 0 Å². The molecule has 0 atom stereocenters. The maximum absolute atomic E-state index is 10.3. The molecule has 0 saturated heterocycles. The van der Waals surface area contributed by atoms with Crippen LogP contribution in [0.5, 0.6) is 5.75 Å². The molecule has 16 heavy (non-hydrogen) atoms. The van der Waals surface area contributed by atoms with E-state index < -0.39 is 0 Å². The number of pyridine rings is 1. The number of rotatable bonds is 3. The number of aromatic hydroxyl groups is 1. The number of phenols is 1.